The number of halogens is 3. The van der Waals surface area contributed by atoms with Gasteiger partial charge in [0.1, 0.15) is 6.10 Å². The van der Waals surface area contributed by atoms with Gasteiger partial charge in [0.2, 0.25) is 0 Å². The van der Waals surface area contributed by atoms with Crippen LogP contribution in [0.5, 0.6) is 0 Å². The van der Waals surface area contributed by atoms with Crippen molar-refractivity contribution < 1.29 is 37.3 Å². The fourth-order valence-electron chi connectivity index (χ4n) is 7.08. The van der Waals surface area contributed by atoms with E-state index in [2.05, 4.69) is 18.7 Å². The molecule has 0 bridgehead atoms. The van der Waals surface area contributed by atoms with E-state index in [1.54, 1.807) is 0 Å². The lowest BCUT2D eigenvalue weighted by atomic mass is 10.0. The molecule has 0 rings (SSSR count). The quantitative estimate of drug-likeness (QED) is 0.0491. The van der Waals surface area contributed by atoms with Crippen molar-refractivity contribution in [1.29, 1.82) is 0 Å². The summed E-state index contributed by atoms with van der Waals surface area (Å²) >= 11 is 0. The van der Waals surface area contributed by atoms with Crippen LogP contribution in [0.15, 0.2) is 0 Å². The van der Waals surface area contributed by atoms with Gasteiger partial charge in [-0.3, -0.25) is 9.59 Å². The third-order valence-electron chi connectivity index (χ3n) is 10.5. The number of alkyl halides is 3. The first-order valence-electron chi connectivity index (χ1n) is 23.0. The van der Waals surface area contributed by atoms with E-state index in [-0.39, 0.29) is 31.1 Å². The van der Waals surface area contributed by atoms with E-state index < -0.39 is 12.6 Å². The van der Waals surface area contributed by atoms with Crippen LogP contribution in [0.4, 0.5) is 13.2 Å². The molecule has 0 spiro atoms. The number of unbranched alkanes of at least 4 members (excludes halogenated alkanes) is 23. The molecule has 0 saturated carbocycles. The van der Waals surface area contributed by atoms with Gasteiger partial charge in [0.05, 0.1) is 6.61 Å². The van der Waals surface area contributed by atoms with Crippen LogP contribution in [0.3, 0.4) is 0 Å². The molecule has 0 aromatic carbocycles. The molecule has 0 saturated heterocycles. The molecule has 0 fully saturated rings. The maximum absolute atomic E-state index is 12.7. The molecule has 1 atom stereocenters. The lowest BCUT2D eigenvalue weighted by Gasteiger charge is -2.22. The van der Waals surface area contributed by atoms with Gasteiger partial charge in [0, 0.05) is 25.9 Å². The highest BCUT2D eigenvalue weighted by molar-refractivity contribution is 5.69. The number of carbonyl (C=O) groups is 2. The molecule has 1 unspecified atom stereocenters. The van der Waals surface area contributed by atoms with Gasteiger partial charge in [0.25, 0.3) is 0 Å². The summed E-state index contributed by atoms with van der Waals surface area (Å²) in [5, 5.41) is 9.17. The first-order chi connectivity index (χ1) is 26.2. The first-order valence-corrected chi connectivity index (χ1v) is 23.0. The van der Waals surface area contributed by atoms with Crippen LogP contribution in [0.25, 0.3) is 0 Å². The number of hydrogen-bond donors (Lipinski definition) is 1. The van der Waals surface area contributed by atoms with Crippen molar-refractivity contribution in [1.82, 2.24) is 4.90 Å². The second-order valence-electron chi connectivity index (χ2n) is 15.9. The minimum absolute atomic E-state index is 0.00692. The number of rotatable bonds is 42. The predicted octanol–water partition coefficient (Wildman–Crippen LogP) is 13.6. The number of ether oxygens (including phenoxy) is 2. The van der Waals surface area contributed by atoms with Crippen molar-refractivity contribution in [2.75, 3.05) is 32.8 Å². The molecular formula is C45H86F3NO5. The van der Waals surface area contributed by atoms with E-state index in [4.69, 9.17) is 14.6 Å². The predicted molar refractivity (Wildman–Crippen MR) is 219 cm³/mol. The first kappa shape index (κ1) is 52.6. The molecule has 322 valence electrons. The zero-order chi connectivity index (χ0) is 39.8. The monoisotopic (exact) mass is 778 g/mol. The van der Waals surface area contributed by atoms with E-state index in [0.29, 0.717) is 25.9 Å². The standard InChI is InChI=1S/C45H86F3NO5/c1-3-5-7-9-15-23-33-42(32-22-8-6-4-2)54-44(52)35-24-16-14-18-27-37-49(39-29-21-30-40-50)38-28-20-25-34-43(51)53-41-31-19-13-11-10-12-17-26-36-45(46,47)48/h42,50H,3-41H2,1-2H3. The average Bonchev–Trinajstić information content (AvgIpc) is 3.13. The van der Waals surface area contributed by atoms with Gasteiger partial charge in [-0.2, -0.15) is 13.2 Å². The molecule has 6 nitrogen and oxygen atoms in total. The van der Waals surface area contributed by atoms with E-state index in [1.165, 1.54) is 51.4 Å². The van der Waals surface area contributed by atoms with Gasteiger partial charge in [-0.05, 0) is 103 Å². The number of hydrogen-bond acceptors (Lipinski definition) is 6. The maximum atomic E-state index is 12.7. The van der Waals surface area contributed by atoms with E-state index in [0.717, 1.165) is 154 Å². The Kier molecular flexibility index (Phi) is 38.9. The summed E-state index contributed by atoms with van der Waals surface area (Å²) < 4.78 is 47.9. The Bertz CT molecular complexity index is 813. The normalized spacial score (nSPS) is 12.4. The molecule has 0 aromatic heterocycles. The fourth-order valence-corrected chi connectivity index (χ4v) is 7.08. The number of carbonyl (C=O) groups excluding carboxylic acids is 2. The third kappa shape index (κ3) is 40.3. The summed E-state index contributed by atoms with van der Waals surface area (Å²) in [5.41, 5.74) is 0. The Morgan fingerprint density at radius 1 is 0.519 bits per heavy atom. The van der Waals surface area contributed by atoms with Crippen LogP contribution in [-0.4, -0.2) is 67.1 Å². The van der Waals surface area contributed by atoms with Gasteiger partial charge in [-0.15, -0.1) is 0 Å². The molecule has 0 aliphatic heterocycles. The summed E-state index contributed by atoms with van der Waals surface area (Å²) in [7, 11) is 0. The van der Waals surface area contributed by atoms with Crippen LogP contribution < -0.4 is 0 Å². The fraction of sp³-hybridized carbons (Fsp3) is 0.956. The number of nitrogens with zero attached hydrogens (tertiary/aromatic N) is 1. The molecule has 0 heterocycles. The Hall–Kier alpha value is -1.35. The summed E-state index contributed by atoms with van der Waals surface area (Å²) in [6.45, 7) is 8.33. The van der Waals surface area contributed by atoms with Crippen LogP contribution in [0.2, 0.25) is 0 Å². The lowest BCUT2D eigenvalue weighted by Crippen LogP contribution is -2.27. The summed E-state index contributed by atoms with van der Waals surface area (Å²) in [5.74, 6) is -0.128. The Balaban J connectivity index is 4.09. The second kappa shape index (κ2) is 39.9. The van der Waals surface area contributed by atoms with Gasteiger partial charge in [0.15, 0.2) is 0 Å². The average molecular weight is 778 g/mol. The molecule has 0 radical (unpaired) electrons. The molecule has 0 amide bonds. The highest BCUT2D eigenvalue weighted by atomic mass is 19.4. The van der Waals surface area contributed by atoms with Gasteiger partial charge < -0.3 is 19.5 Å². The minimum Gasteiger partial charge on any atom is -0.466 e. The Morgan fingerprint density at radius 3 is 1.46 bits per heavy atom. The molecule has 9 heteroatoms. The van der Waals surface area contributed by atoms with Gasteiger partial charge in [-0.1, -0.05) is 129 Å². The summed E-state index contributed by atoms with van der Waals surface area (Å²) in [6.07, 6.45) is 28.8. The summed E-state index contributed by atoms with van der Waals surface area (Å²) in [4.78, 5) is 27.4. The van der Waals surface area contributed by atoms with E-state index in [1.807, 2.05) is 0 Å². The molecule has 54 heavy (non-hydrogen) atoms. The third-order valence-corrected chi connectivity index (χ3v) is 10.5. The van der Waals surface area contributed by atoms with Crippen molar-refractivity contribution >= 4 is 11.9 Å². The molecule has 0 aliphatic carbocycles. The van der Waals surface area contributed by atoms with E-state index in [9.17, 15) is 22.8 Å². The number of aliphatic hydroxyl groups is 1. The van der Waals surface area contributed by atoms with Crippen LogP contribution >= 0.6 is 0 Å². The highest BCUT2D eigenvalue weighted by Crippen LogP contribution is 2.23. The molecular weight excluding hydrogens is 691 g/mol. The molecule has 0 aliphatic rings. The van der Waals surface area contributed by atoms with Crippen LogP contribution in [0.1, 0.15) is 232 Å². The smallest absolute Gasteiger partial charge is 0.389 e. The van der Waals surface area contributed by atoms with Crippen LogP contribution in [0, 0.1) is 0 Å². The van der Waals surface area contributed by atoms with Crippen LogP contribution in [-0.2, 0) is 19.1 Å². The largest absolute Gasteiger partial charge is 0.466 e. The second-order valence-corrected chi connectivity index (χ2v) is 15.9. The highest BCUT2D eigenvalue weighted by Gasteiger charge is 2.25. The SMILES string of the molecule is CCCCCCCCC(CCCCCC)OC(=O)CCCCCCCN(CCCCCO)CCCCCC(=O)OCCCCCCCCCCC(F)(F)F. The van der Waals surface area contributed by atoms with Crippen molar-refractivity contribution in [3.05, 3.63) is 0 Å². The minimum atomic E-state index is -4.04. The van der Waals surface area contributed by atoms with Crippen molar-refractivity contribution in [3.63, 3.8) is 0 Å². The zero-order valence-corrected chi connectivity index (χ0v) is 35.3. The van der Waals surface area contributed by atoms with Crippen molar-refractivity contribution in [3.8, 4) is 0 Å². The molecule has 1 N–H and O–H groups in total. The lowest BCUT2D eigenvalue weighted by molar-refractivity contribution is -0.150. The number of esters is 2. The Morgan fingerprint density at radius 2 is 0.926 bits per heavy atom. The van der Waals surface area contributed by atoms with Gasteiger partial charge in [-0.25, -0.2) is 0 Å². The maximum Gasteiger partial charge on any atom is 0.389 e. The zero-order valence-electron chi connectivity index (χ0n) is 35.3. The topological polar surface area (TPSA) is 76.1 Å². The number of aliphatic hydroxyl groups excluding tert-OH is 1. The van der Waals surface area contributed by atoms with Gasteiger partial charge >= 0.3 is 18.1 Å². The summed E-state index contributed by atoms with van der Waals surface area (Å²) in [6, 6.07) is 0. The Labute approximate surface area is 330 Å². The van der Waals surface area contributed by atoms with Crippen molar-refractivity contribution in [2.45, 2.75) is 244 Å². The van der Waals surface area contributed by atoms with E-state index >= 15 is 0 Å². The molecule has 0 aromatic rings. The van der Waals surface area contributed by atoms with Crippen molar-refractivity contribution in [2.24, 2.45) is 0 Å².